The van der Waals surface area contributed by atoms with Gasteiger partial charge in [-0.1, -0.05) is 6.92 Å². The van der Waals surface area contributed by atoms with E-state index in [4.69, 9.17) is 9.84 Å². The molecule has 96 valence electrons. The molecule has 0 saturated carbocycles. The van der Waals surface area contributed by atoms with Crippen LogP contribution in [0.4, 0.5) is 0 Å². The summed E-state index contributed by atoms with van der Waals surface area (Å²) in [5.74, 6) is -0.469. The molecule has 2 aliphatic heterocycles. The molecule has 0 aromatic rings. The Hall–Kier alpha value is -0.940. The van der Waals surface area contributed by atoms with Crippen LogP contribution in [0.15, 0.2) is 0 Å². The average Bonchev–Trinajstić information content (AvgIpc) is 2.74. The van der Waals surface area contributed by atoms with Gasteiger partial charge < -0.3 is 9.84 Å². The Bertz CT molecular complexity index is 321. The van der Waals surface area contributed by atoms with Crippen LogP contribution in [0.2, 0.25) is 0 Å². The molecule has 0 radical (unpaired) electrons. The van der Waals surface area contributed by atoms with E-state index in [0.29, 0.717) is 25.7 Å². The topological polar surface area (TPSA) is 66.8 Å². The number of imide groups is 1. The first-order valence-corrected chi connectivity index (χ1v) is 6.17. The largest absolute Gasteiger partial charge is 0.396 e. The Kier molecular flexibility index (Phi) is 3.23. The molecule has 3 unspecified atom stereocenters. The van der Waals surface area contributed by atoms with Crippen molar-refractivity contribution in [3.05, 3.63) is 0 Å². The molecule has 2 heterocycles. The van der Waals surface area contributed by atoms with Crippen LogP contribution in [0, 0.1) is 0 Å². The zero-order valence-corrected chi connectivity index (χ0v) is 10.3. The molecule has 2 saturated heterocycles. The van der Waals surface area contributed by atoms with Crippen molar-refractivity contribution in [2.24, 2.45) is 0 Å². The van der Waals surface area contributed by atoms with E-state index in [1.54, 1.807) is 0 Å². The Balaban J connectivity index is 2.29. The second kappa shape index (κ2) is 4.38. The monoisotopic (exact) mass is 241 g/mol. The van der Waals surface area contributed by atoms with E-state index >= 15 is 0 Å². The Morgan fingerprint density at radius 1 is 1.35 bits per heavy atom. The van der Waals surface area contributed by atoms with E-state index in [1.807, 2.05) is 13.8 Å². The predicted octanol–water partition coefficient (Wildman–Crippen LogP) is 0.454. The number of carbonyl (C=O) groups is 2. The first kappa shape index (κ1) is 12.5. The van der Waals surface area contributed by atoms with Crippen LogP contribution in [0.1, 0.15) is 39.5 Å². The molecule has 17 heavy (non-hydrogen) atoms. The van der Waals surface area contributed by atoms with Gasteiger partial charge in [0.2, 0.25) is 0 Å². The van der Waals surface area contributed by atoms with Crippen molar-refractivity contribution in [3.8, 4) is 0 Å². The molecular formula is C12H19NO4. The summed E-state index contributed by atoms with van der Waals surface area (Å²) < 4.78 is 5.37. The van der Waals surface area contributed by atoms with Crippen LogP contribution in [0.3, 0.4) is 0 Å². The number of hydrogen-bond acceptors (Lipinski definition) is 4. The van der Waals surface area contributed by atoms with Gasteiger partial charge in [0.05, 0.1) is 0 Å². The molecule has 1 N–H and O–H groups in total. The molecule has 2 bridgehead atoms. The molecule has 3 atom stereocenters. The van der Waals surface area contributed by atoms with Crippen LogP contribution in [0.5, 0.6) is 0 Å². The quantitative estimate of drug-likeness (QED) is 0.726. The van der Waals surface area contributed by atoms with E-state index in [1.165, 1.54) is 4.90 Å². The van der Waals surface area contributed by atoms with Crippen LogP contribution < -0.4 is 0 Å². The highest BCUT2D eigenvalue weighted by molar-refractivity contribution is 6.03. The van der Waals surface area contributed by atoms with Gasteiger partial charge in [-0.05, 0) is 32.6 Å². The summed E-state index contributed by atoms with van der Waals surface area (Å²) in [5.41, 5.74) is -0.590. The molecule has 2 rings (SSSR count). The standard InChI is InChI=1S/C12H19NO4/c1-3-12(2,6-7-14)13-10(15)8-4-5-9(17-8)11(13)16/h8-9,14H,3-7H2,1-2H3. The van der Waals surface area contributed by atoms with Crippen LogP contribution in [-0.4, -0.2) is 46.2 Å². The number of amides is 2. The minimum absolute atomic E-state index is 0.0302. The minimum atomic E-state index is -0.590. The van der Waals surface area contributed by atoms with Crippen molar-refractivity contribution >= 4 is 11.8 Å². The maximum atomic E-state index is 12.2. The van der Waals surface area contributed by atoms with Crippen molar-refractivity contribution in [2.75, 3.05) is 6.61 Å². The van der Waals surface area contributed by atoms with Gasteiger partial charge in [0.15, 0.2) is 0 Å². The number of carbonyl (C=O) groups excluding carboxylic acids is 2. The van der Waals surface area contributed by atoms with Gasteiger partial charge >= 0.3 is 0 Å². The van der Waals surface area contributed by atoms with Crippen molar-refractivity contribution in [3.63, 3.8) is 0 Å². The van der Waals surface area contributed by atoms with E-state index < -0.39 is 17.7 Å². The number of nitrogens with zero attached hydrogens (tertiary/aromatic N) is 1. The summed E-state index contributed by atoms with van der Waals surface area (Å²) in [4.78, 5) is 25.7. The maximum Gasteiger partial charge on any atom is 0.258 e. The third kappa shape index (κ3) is 1.87. The van der Waals surface area contributed by atoms with Gasteiger partial charge in [0.25, 0.3) is 11.8 Å². The van der Waals surface area contributed by atoms with E-state index in [2.05, 4.69) is 0 Å². The molecule has 2 fully saturated rings. The molecule has 2 aliphatic rings. The lowest BCUT2D eigenvalue weighted by Gasteiger charge is -2.43. The molecule has 0 aromatic carbocycles. The molecule has 5 nitrogen and oxygen atoms in total. The summed E-state index contributed by atoms with van der Waals surface area (Å²) in [6.45, 7) is 3.74. The molecule has 5 heteroatoms. The van der Waals surface area contributed by atoms with E-state index in [-0.39, 0.29) is 18.4 Å². The highest BCUT2D eigenvalue weighted by atomic mass is 16.5. The Morgan fingerprint density at radius 3 is 2.29 bits per heavy atom. The summed E-state index contributed by atoms with van der Waals surface area (Å²) in [5, 5.41) is 9.10. The summed E-state index contributed by atoms with van der Waals surface area (Å²) in [6, 6.07) is 0. The van der Waals surface area contributed by atoms with Gasteiger partial charge in [-0.25, -0.2) is 0 Å². The summed E-state index contributed by atoms with van der Waals surface area (Å²) in [7, 11) is 0. The third-order valence-corrected chi connectivity index (χ3v) is 3.96. The second-order valence-corrected chi connectivity index (χ2v) is 5.03. The second-order valence-electron chi connectivity index (χ2n) is 5.03. The molecular weight excluding hydrogens is 222 g/mol. The highest BCUT2D eigenvalue weighted by Crippen LogP contribution is 2.35. The van der Waals surface area contributed by atoms with Gasteiger partial charge in [-0.2, -0.15) is 0 Å². The van der Waals surface area contributed by atoms with Crippen LogP contribution >= 0.6 is 0 Å². The van der Waals surface area contributed by atoms with Crippen LogP contribution in [-0.2, 0) is 14.3 Å². The fourth-order valence-corrected chi connectivity index (χ4v) is 2.62. The number of likely N-dealkylation sites (tertiary alicyclic amines) is 1. The fourth-order valence-electron chi connectivity index (χ4n) is 2.62. The van der Waals surface area contributed by atoms with Crippen molar-refractivity contribution in [1.82, 2.24) is 4.90 Å². The number of fused-ring (bicyclic) bond motifs is 2. The molecule has 0 aliphatic carbocycles. The molecule has 2 amide bonds. The third-order valence-electron chi connectivity index (χ3n) is 3.96. The zero-order chi connectivity index (χ0) is 12.6. The molecule has 0 aromatic heterocycles. The predicted molar refractivity (Wildman–Crippen MR) is 60.1 cm³/mol. The number of aliphatic hydroxyl groups excluding tert-OH is 1. The van der Waals surface area contributed by atoms with Crippen molar-refractivity contribution < 1.29 is 19.4 Å². The van der Waals surface area contributed by atoms with Gasteiger partial charge in [-0.15, -0.1) is 0 Å². The Labute approximate surface area is 101 Å². The van der Waals surface area contributed by atoms with Gasteiger partial charge in [0.1, 0.15) is 12.2 Å². The van der Waals surface area contributed by atoms with Crippen molar-refractivity contribution in [2.45, 2.75) is 57.3 Å². The number of hydrogen-bond donors (Lipinski definition) is 1. The van der Waals surface area contributed by atoms with Crippen LogP contribution in [0.25, 0.3) is 0 Å². The SMILES string of the molecule is CCC(C)(CCO)N1C(=O)C2CCC(O2)C1=O. The minimum Gasteiger partial charge on any atom is -0.396 e. The number of aliphatic hydroxyl groups is 1. The Morgan fingerprint density at radius 2 is 1.88 bits per heavy atom. The fraction of sp³-hybridized carbons (Fsp3) is 0.833. The summed E-state index contributed by atoms with van der Waals surface area (Å²) >= 11 is 0. The number of ether oxygens (including phenoxy) is 1. The van der Waals surface area contributed by atoms with Crippen molar-refractivity contribution in [1.29, 1.82) is 0 Å². The van der Waals surface area contributed by atoms with E-state index in [9.17, 15) is 9.59 Å². The number of rotatable bonds is 4. The van der Waals surface area contributed by atoms with E-state index in [0.717, 1.165) is 0 Å². The first-order chi connectivity index (χ1) is 8.03. The zero-order valence-electron chi connectivity index (χ0n) is 10.3. The smallest absolute Gasteiger partial charge is 0.258 e. The van der Waals surface area contributed by atoms with Gasteiger partial charge in [0, 0.05) is 12.1 Å². The average molecular weight is 241 g/mol. The normalized spacial score (nSPS) is 31.8. The molecule has 0 spiro atoms. The first-order valence-electron chi connectivity index (χ1n) is 6.17. The lowest BCUT2D eigenvalue weighted by atomic mass is 9.91. The van der Waals surface area contributed by atoms with Gasteiger partial charge in [-0.3, -0.25) is 14.5 Å². The maximum absolute atomic E-state index is 12.2. The highest BCUT2D eigenvalue weighted by Gasteiger charge is 2.51. The number of morpholine rings is 1. The summed E-state index contributed by atoms with van der Waals surface area (Å²) in [6.07, 6.45) is 1.41. The lowest BCUT2D eigenvalue weighted by Crippen LogP contribution is -2.61. The lowest BCUT2D eigenvalue weighted by molar-refractivity contribution is -0.177.